The summed E-state index contributed by atoms with van der Waals surface area (Å²) in [6.45, 7) is 0.345. The highest BCUT2D eigenvalue weighted by atomic mass is 35.5. The van der Waals surface area contributed by atoms with Crippen LogP contribution in [0.15, 0.2) is 24.5 Å². The van der Waals surface area contributed by atoms with Crippen molar-refractivity contribution >= 4 is 17.5 Å². The van der Waals surface area contributed by atoms with E-state index in [-0.39, 0.29) is 5.56 Å². The van der Waals surface area contributed by atoms with Crippen LogP contribution >= 0.6 is 11.6 Å². The molecule has 0 unspecified atom stereocenters. The first-order valence-electron chi connectivity index (χ1n) is 5.64. The van der Waals surface area contributed by atoms with E-state index in [0.29, 0.717) is 18.0 Å². The van der Waals surface area contributed by atoms with Gasteiger partial charge < -0.3 is 9.88 Å². The van der Waals surface area contributed by atoms with Gasteiger partial charge in [0.1, 0.15) is 18.0 Å². The number of rotatable bonds is 4. The second-order valence-corrected chi connectivity index (χ2v) is 4.42. The summed E-state index contributed by atoms with van der Waals surface area (Å²) in [5, 5.41) is 10.5. The normalized spacial score (nSPS) is 10.5. The molecule has 19 heavy (non-hydrogen) atoms. The zero-order chi connectivity index (χ0) is 13.8. The molecule has 0 saturated carbocycles. The summed E-state index contributed by atoms with van der Waals surface area (Å²) in [5.74, 6) is -0.352. The molecule has 2 aromatic rings. The summed E-state index contributed by atoms with van der Waals surface area (Å²) in [4.78, 5) is 11.8. The largest absolute Gasteiger partial charge is 0.351 e. The third kappa shape index (κ3) is 3.29. The summed E-state index contributed by atoms with van der Waals surface area (Å²) in [5.41, 5.74) is -0.0644. The van der Waals surface area contributed by atoms with Crippen LogP contribution in [0.2, 0.25) is 5.02 Å². The van der Waals surface area contributed by atoms with Crippen LogP contribution in [0.3, 0.4) is 0 Å². The molecule has 0 saturated heterocycles. The smallest absolute Gasteiger partial charge is 0.254 e. The third-order valence-electron chi connectivity index (χ3n) is 2.61. The van der Waals surface area contributed by atoms with Gasteiger partial charge in [-0.05, 0) is 18.2 Å². The Kier molecular flexibility index (Phi) is 4.11. The van der Waals surface area contributed by atoms with Gasteiger partial charge in [-0.1, -0.05) is 11.6 Å². The van der Waals surface area contributed by atoms with E-state index in [4.69, 9.17) is 11.6 Å². The van der Waals surface area contributed by atoms with E-state index in [1.807, 2.05) is 7.05 Å². The fraction of sp³-hybridized carbons (Fsp3) is 0.250. The van der Waals surface area contributed by atoms with Crippen molar-refractivity contribution in [3.63, 3.8) is 0 Å². The van der Waals surface area contributed by atoms with Crippen molar-refractivity contribution in [1.82, 2.24) is 20.1 Å². The number of hydrogen-bond donors (Lipinski definition) is 1. The molecular weight excluding hydrogens is 271 g/mol. The average Bonchev–Trinajstić information content (AvgIpc) is 2.78. The molecule has 0 atom stereocenters. The monoisotopic (exact) mass is 282 g/mol. The first kappa shape index (κ1) is 13.5. The lowest BCUT2D eigenvalue weighted by molar-refractivity contribution is 0.0950. The van der Waals surface area contributed by atoms with Gasteiger partial charge in [-0.15, -0.1) is 10.2 Å². The zero-order valence-corrected chi connectivity index (χ0v) is 11.0. The second-order valence-electron chi connectivity index (χ2n) is 3.99. The summed E-state index contributed by atoms with van der Waals surface area (Å²) in [6, 6.07) is 3.86. The molecule has 0 aliphatic heterocycles. The zero-order valence-electron chi connectivity index (χ0n) is 10.2. The second kappa shape index (κ2) is 5.79. The number of nitrogens with zero attached hydrogens (tertiary/aromatic N) is 3. The highest BCUT2D eigenvalue weighted by Crippen LogP contribution is 2.14. The fourth-order valence-corrected chi connectivity index (χ4v) is 1.76. The molecule has 100 valence electrons. The van der Waals surface area contributed by atoms with Crippen molar-refractivity contribution < 1.29 is 9.18 Å². The molecule has 0 aliphatic carbocycles. The lowest BCUT2D eigenvalue weighted by Gasteiger charge is -2.06. The first-order chi connectivity index (χ1) is 9.08. The maximum absolute atomic E-state index is 13.4. The minimum Gasteiger partial charge on any atom is -0.351 e. The molecule has 5 nitrogen and oxygen atoms in total. The number of nitrogens with one attached hydrogen (secondary N) is 1. The number of amides is 1. The van der Waals surface area contributed by atoms with Gasteiger partial charge in [0.25, 0.3) is 5.91 Å². The molecule has 0 bridgehead atoms. The third-order valence-corrected chi connectivity index (χ3v) is 2.85. The summed E-state index contributed by atoms with van der Waals surface area (Å²) < 4.78 is 15.2. The molecule has 1 amide bonds. The fourth-order valence-electron chi connectivity index (χ4n) is 1.59. The van der Waals surface area contributed by atoms with Crippen molar-refractivity contribution in [3.05, 3.63) is 46.8 Å². The van der Waals surface area contributed by atoms with Gasteiger partial charge in [-0.2, -0.15) is 0 Å². The number of carbonyl (C=O) groups excluding carboxylic acids is 1. The van der Waals surface area contributed by atoms with Gasteiger partial charge in [-0.3, -0.25) is 4.79 Å². The molecule has 7 heteroatoms. The van der Waals surface area contributed by atoms with Crippen LogP contribution < -0.4 is 5.32 Å². The van der Waals surface area contributed by atoms with E-state index in [1.165, 1.54) is 18.2 Å². The maximum atomic E-state index is 13.4. The predicted molar refractivity (Wildman–Crippen MR) is 68.5 cm³/mol. The van der Waals surface area contributed by atoms with Gasteiger partial charge in [0, 0.05) is 25.0 Å². The van der Waals surface area contributed by atoms with E-state index < -0.39 is 11.7 Å². The molecule has 1 aromatic carbocycles. The minimum atomic E-state index is -0.597. The first-order valence-corrected chi connectivity index (χ1v) is 6.02. The van der Waals surface area contributed by atoms with Crippen LogP contribution in [-0.4, -0.2) is 27.2 Å². The Morgan fingerprint density at radius 1 is 1.53 bits per heavy atom. The number of carbonyl (C=O) groups is 1. The summed E-state index contributed by atoms with van der Waals surface area (Å²) in [7, 11) is 1.81. The quantitative estimate of drug-likeness (QED) is 0.926. The number of halogens is 2. The number of aromatic nitrogens is 3. The Hall–Kier alpha value is -1.95. The van der Waals surface area contributed by atoms with Gasteiger partial charge in [-0.25, -0.2) is 4.39 Å². The number of benzene rings is 1. The Bertz CT molecular complexity index is 599. The minimum absolute atomic E-state index is 0.0644. The van der Waals surface area contributed by atoms with Crippen LogP contribution in [-0.2, 0) is 13.5 Å². The molecular formula is C12H12ClFN4O. The lowest BCUT2D eigenvalue weighted by Crippen LogP contribution is -2.27. The number of aryl methyl sites for hydroxylation is 1. The number of hydrogen-bond acceptors (Lipinski definition) is 3. The summed E-state index contributed by atoms with van der Waals surface area (Å²) >= 11 is 5.73. The SMILES string of the molecule is Cn1cnnc1CCNC(=O)c1cc(Cl)ccc1F. The van der Waals surface area contributed by atoms with Crippen molar-refractivity contribution in [2.24, 2.45) is 7.05 Å². The van der Waals surface area contributed by atoms with E-state index in [1.54, 1.807) is 10.9 Å². The standard InChI is InChI=1S/C12H12ClFN4O/c1-18-7-16-17-11(18)4-5-15-12(19)9-6-8(13)2-3-10(9)14/h2-3,6-7H,4-5H2,1H3,(H,15,19). The molecule has 0 spiro atoms. The predicted octanol–water partition coefficient (Wildman–Crippen LogP) is 1.58. The van der Waals surface area contributed by atoms with Crippen LogP contribution in [0.4, 0.5) is 4.39 Å². The van der Waals surface area contributed by atoms with Crippen molar-refractivity contribution in [1.29, 1.82) is 0 Å². The Balaban J connectivity index is 1.94. The van der Waals surface area contributed by atoms with E-state index in [2.05, 4.69) is 15.5 Å². The van der Waals surface area contributed by atoms with Crippen LogP contribution in [0.25, 0.3) is 0 Å². The van der Waals surface area contributed by atoms with Gasteiger partial charge in [0.15, 0.2) is 0 Å². The van der Waals surface area contributed by atoms with Gasteiger partial charge in [0.2, 0.25) is 0 Å². The Labute approximate surface area is 114 Å². The summed E-state index contributed by atoms with van der Waals surface area (Å²) in [6.07, 6.45) is 2.10. The van der Waals surface area contributed by atoms with Crippen molar-refractivity contribution in [3.8, 4) is 0 Å². The molecule has 0 radical (unpaired) electrons. The highest BCUT2D eigenvalue weighted by Gasteiger charge is 2.12. The highest BCUT2D eigenvalue weighted by molar-refractivity contribution is 6.30. The van der Waals surface area contributed by atoms with Crippen LogP contribution in [0.5, 0.6) is 0 Å². The van der Waals surface area contributed by atoms with Gasteiger partial charge >= 0.3 is 0 Å². The van der Waals surface area contributed by atoms with Gasteiger partial charge in [0.05, 0.1) is 5.56 Å². The Morgan fingerprint density at radius 3 is 3.00 bits per heavy atom. The Morgan fingerprint density at radius 2 is 2.32 bits per heavy atom. The van der Waals surface area contributed by atoms with Crippen molar-refractivity contribution in [2.45, 2.75) is 6.42 Å². The molecule has 2 rings (SSSR count). The van der Waals surface area contributed by atoms with Crippen LogP contribution in [0.1, 0.15) is 16.2 Å². The molecule has 1 aromatic heterocycles. The molecule has 1 heterocycles. The molecule has 0 aliphatic rings. The molecule has 0 fully saturated rings. The van der Waals surface area contributed by atoms with E-state index in [0.717, 1.165) is 5.82 Å². The maximum Gasteiger partial charge on any atom is 0.254 e. The van der Waals surface area contributed by atoms with E-state index >= 15 is 0 Å². The average molecular weight is 283 g/mol. The topological polar surface area (TPSA) is 59.8 Å². The lowest BCUT2D eigenvalue weighted by atomic mass is 10.2. The van der Waals surface area contributed by atoms with Crippen LogP contribution in [0, 0.1) is 5.82 Å². The van der Waals surface area contributed by atoms with E-state index in [9.17, 15) is 9.18 Å². The van der Waals surface area contributed by atoms with Crippen molar-refractivity contribution in [2.75, 3.05) is 6.54 Å². The molecule has 1 N–H and O–H groups in total.